The molecule has 0 saturated heterocycles. The lowest BCUT2D eigenvalue weighted by atomic mass is 9.88. The second-order valence-corrected chi connectivity index (χ2v) is 8.22. The van der Waals surface area contributed by atoms with Crippen LogP contribution in [0.1, 0.15) is 38.7 Å². The van der Waals surface area contributed by atoms with Crippen molar-refractivity contribution in [2.24, 2.45) is 0 Å². The second-order valence-electron chi connectivity index (χ2n) is 8.22. The molecule has 0 radical (unpaired) electrons. The lowest BCUT2D eigenvalue weighted by Crippen LogP contribution is -2.33. The van der Waals surface area contributed by atoms with Crippen molar-refractivity contribution in [1.29, 1.82) is 0 Å². The van der Waals surface area contributed by atoms with Gasteiger partial charge in [-0.3, -0.25) is 9.69 Å². The number of likely N-dealkylation sites (N-methyl/N-ethyl adjacent to an activating group) is 1. The third-order valence-electron chi connectivity index (χ3n) is 6.07. The number of halogens is 3. The molecule has 7 heteroatoms. The number of alkyl halides is 3. The number of hydrogen-bond donors (Lipinski definition) is 1. The molecular formula is C26H25F3N2O2. The summed E-state index contributed by atoms with van der Waals surface area (Å²) in [6.45, 7) is 0.933. The molecule has 4 rings (SSSR count). The first-order valence-electron chi connectivity index (χ1n) is 10.7. The Morgan fingerprint density at radius 2 is 1.85 bits per heavy atom. The standard InChI is InChI=1S/C26H25F3N2O2/c1-31-13-12-18-8-10-20(16-21(18)23(31)14-17-6-4-3-5-7-17)30-25(32)19-9-11-24(33-2)22(15-19)26(27,28)29/h3-11,15-16,23H,12-14H2,1-2H3,(H,30,32). The summed E-state index contributed by atoms with van der Waals surface area (Å²) in [6, 6.07) is 19.4. The molecule has 1 heterocycles. The summed E-state index contributed by atoms with van der Waals surface area (Å²) < 4.78 is 44.8. The number of carbonyl (C=O) groups is 1. The summed E-state index contributed by atoms with van der Waals surface area (Å²) in [5, 5.41) is 2.76. The van der Waals surface area contributed by atoms with E-state index in [1.165, 1.54) is 24.3 Å². The minimum Gasteiger partial charge on any atom is -0.496 e. The third kappa shape index (κ3) is 5.03. The summed E-state index contributed by atoms with van der Waals surface area (Å²) in [7, 11) is 3.25. The summed E-state index contributed by atoms with van der Waals surface area (Å²) >= 11 is 0. The van der Waals surface area contributed by atoms with Crippen molar-refractivity contribution < 1.29 is 22.7 Å². The van der Waals surface area contributed by atoms with Gasteiger partial charge in [0.2, 0.25) is 0 Å². The molecule has 1 N–H and O–H groups in total. The molecule has 33 heavy (non-hydrogen) atoms. The number of carbonyl (C=O) groups excluding carboxylic acids is 1. The molecule has 1 aliphatic heterocycles. The van der Waals surface area contributed by atoms with Gasteiger partial charge in [-0.1, -0.05) is 36.4 Å². The van der Waals surface area contributed by atoms with Crippen LogP contribution in [0.4, 0.5) is 18.9 Å². The number of hydrogen-bond acceptors (Lipinski definition) is 3. The Labute approximate surface area is 191 Å². The van der Waals surface area contributed by atoms with Crippen LogP contribution in [0.15, 0.2) is 66.7 Å². The minimum absolute atomic E-state index is 0.0844. The van der Waals surface area contributed by atoms with Crippen LogP contribution in [0.2, 0.25) is 0 Å². The quantitative estimate of drug-likeness (QED) is 0.535. The summed E-state index contributed by atoms with van der Waals surface area (Å²) in [5.74, 6) is -0.925. The Bertz CT molecular complexity index is 1150. The zero-order valence-corrected chi connectivity index (χ0v) is 18.4. The van der Waals surface area contributed by atoms with Gasteiger partial charge in [-0.15, -0.1) is 0 Å². The average molecular weight is 454 g/mol. The topological polar surface area (TPSA) is 41.6 Å². The molecule has 1 aliphatic rings. The molecule has 3 aromatic rings. The van der Waals surface area contributed by atoms with Crippen LogP contribution in [0.3, 0.4) is 0 Å². The Morgan fingerprint density at radius 1 is 1.09 bits per heavy atom. The number of nitrogens with zero attached hydrogens (tertiary/aromatic N) is 1. The fourth-order valence-electron chi connectivity index (χ4n) is 4.28. The molecule has 0 bridgehead atoms. The zero-order valence-electron chi connectivity index (χ0n) is 18.4. The normalized spacial score (nSPS) is 16.2. The SMILES string of the molecule is COc1ccc(C(=O)Nc2ccc3c(c2)C(Cc2ccccc2)N(C)CC3)cc1C(F)(F)F. The second kappa shape index (κ2) is 9.27. The Balaban J connectivity index is 1.59. The van der Waals surface area contributed by atoms with Gasteiger partial charge in [-0.25, -0.2) is 0 Å². The highest BCUT2D eigenvalue weighted by molar-refractivity contribution is 6.04. The Kier molecular flexibility index (Phi) is 6.42. The van der Waals surface area contributed by atoms with Crippen molar-refractivity contribution in [2.45, 2.75) is 25.1 Å². The molecule has 4 nitrogen and oxygen atoms in total. The van der Waals surface area contributed by atoms with E-state index in [4.69, 9.17) is 4.74 Å². The van der Waals surface area contributed by atoms with E-state index < -0.39 is 17.6 Å². The number of anilines is 1. The van der Waals surface area contributed by atoms with Crippen molar-refractivity contribution >= 4 is 11.6 Å². The van der Waals surface area contributed by atoms with Gasteiger partial charge in [0.1, 0.15) is 5.75 Å². The minimum atomic E-state index is -4.62. The molecule has 1 unspecified atom stereocenters. The summed E-state index contributed by atoms with van der Waals surface area (Å²) in [5.41, 5.74) is 3.05. The molecule has 1 atom stereocenters. The first kappa shape index (κ1) is 22.9. The fraction of sp³-hybridized carbons (Fsp3) is 0.269. The summed E-state index contributed by atoms with van der Waals surface area (Å²) in [6.07, 6.45) is -2.89. The molecular weight excluding hydrogens is 429 g/mol. The van der Waals surface area contributed by atoms with Gasteiger partial charge in [0.25, 0.3) is 5.91 Å². The van der Waals surface area contributed by atoms with E-state index in [-0.39, 0.29) is 17.4 Å². The third-order valence-corrected chi connectivity index (χ3v) is 6.07. The fourth-order valence-corrected chi connectivity index (χ4v) is 4.28. The predicted molar refractivity (Wildman–Crippen MR) is 122 cm³/mol. The van der Waals surface area contributed by atoms with E-state index in [9.17, 15) is 18.0 Å². The van der Waals surface area contributed by atoms with Crippen molar-refractivity contribution in [3.05, 3.63) is 94.5 Å². The molecule has 0 aromatic heterocycles. The maximum Gasteiger partial charge on any atom is 0.419 e. The Hall–Kier alpha value is -3.32. The van der Waals surface area contributed by atoms with Crippen molar-refractivity contribution in [3.8, 4) is 5.75 Å². The number of fused-ring (bicyclic) bond motifs is 1. The largest absolute Gasteiger partial charge is 0.496 e. The smallest absolute Gasteiger partial charge is 0.419 e. The van der Waals surface area contributed by atoms with E-state index >= 15 is 0 Å². The molecule has 0 aliphatic carbocycles. The molecule has 0 spiro atoms. The molecule has 1 amide bonds. The van der Waals surface area contributed by atoms with E-state index in [1.54, 1.807) is 6.07 Å². The molecule has 3 aromatic carbocycles. The summed E-state index contributed by atoms with van der Waals surface area (Å²) in [4.78, 5) is 15.1. The number of amides is 1. The van der Waals surface area contributed by atoms with Crippen molar-refractivity contribution in [3.63, 3.8) is 0 Å². The van der Waals surface area contributed by atoms with Crippen LogP contribution in [0.25, 0.3) is 0 Å². The number of methoxy groups -OCH3 is 1. The first-order valence-corrected chi connectivity index (χ1v) is 10.7. The van der Waals surface area contributed by atoms with Crippen LogP contribution < -0.4 is 10.1 Å². The highest BCUT2D eigenvalue weighted by atomic mass is 19.4. The van der Waals surface area contributed by atoms with E-state index in [0.29, 0.717) is 5.69 Å². The van der Waals surface area contributed by atoms with E-state index in [1.807, 2.05) is 30.3 Å². The lowest BCUT2D eigenvalue weighted by molar-refractivity contribution is -0.138. The van der Waals surface area contributed by atoms with E-state index in [2.05, 4.69) is 29.4 Å². The van der Waals surface area contributed by atoms with Crippen LogP contribution in [-0.4, -0.2) is 31.5 Å². The van der Waals surface area contributed by atoms with Crippen LogP contribution in [0.5, 0.6) is 5.75 Å². The number of benzene rings is 3. The van der Waals surface area contributed by atoms with Gasteiger partial charge < -0.3 is 10.1 Å². The van der Waals surface area contributed by atoms with E-state index in [0.717, 1.165) is 37.1 Å². The van der Waals surface area contributed by atoms with Gasteiger partial charge in [-0.2, -0.15) is 13.2 Å². The van der Waals surface area contributed by atoms with Gasteiger partial charge >= 0.3 is 6.18 Å². The zero-order chi connectivity index (χ0) is 23.6. The Morgan fingerprint density at radius 3 is 2.55 bits per heavy atom. The predicted octanol–water partition coefficient (Wildman–Crippen LogP) is 5.74. The maximum atomic E-state index is 13.3. The van der Waals surface area contributed by atoms with Crippen molar-refractivity contribution in [1.82, 2.24) is 4.90 Å². The highest BCUT2D eigenvalue weighted by Crippen LogP contribution is 2.37. The number of rotatable bonds is 5. The van der Waals surface area contributed by atoms with Gasteiger partial charge in [0.15, 0.2) is 0 Å². The van der Waals surface area contributed by atoms with Gasteiger partial charge in [-0.05, 0) is 66.9 Å². The lowest BCUT2D eigenvalue weighted by Gasteiger charge is -2.35. The monoisotopic (exact) mass is 454 g/mol. The van der Waals surface area contributed by atoms with Crippen LogP contribution >= 0.6 is 0 Å². The number of ether oxygens (including phenoxy) is 1. The van der Waals surface area contributed by atoms with Crippen LogP contribution in [0, 0.1) is 0 Å². The van der Waals surface area contributed by atoms with Crippen molar-refractivity contribution in [2.75, 3.05) is 26.0 Å². The molecule has 0 fully saturated rings. The van der Waals surface area contributed by atoms with Crippen LogP contribution in [-0.2, 0) is 19.0 Å². The molecule has 0 saturated carbocycles. The van der Waals surface area contributed by atoms with Gasteiger partial charge in [0, 0.05) is 23.8 Å². The molecule has 172 valence electrons. The first-order chi connectivity index (χ1) is 15.8. The highest BCUT2D eigenvalue weighted by Gasteiger charge is 2.35. The average Bonchev–Trinajstić information content (AvgIpc) is 2.80. The number of nitrogens with one attached hydrogen (secondary N) is 1. The maximum absolute atomic E-state index is 13.3. The van der Waals surface area contributed by atoms with Gasteiger partial charge in [0.05, 0.1) is 12.7 Å².